The van der Waals surface area contributed by atoms with E-state index < -0.39 is 0 Å². The van der Waals surface area contributed by atoms with Gasteiger partial charge in [0.2, 0.25) is 0 Å². The Morgan fingerprint density at radius 3 is 2.60 bits per heavy atom. The van der Waals surface area contributed by atoms with Gasteiger partial charge in [-0.2, -0.15) is 5.10 Å². The molecule has 0 aliphatic carbocycles. The summed E-state index contributed by atoms with van der Waals surface area (Å²) in [6.07, 6.45) is 4.34. The Kier molecular flexibility index (Phi) is 4.81. The standard InChI is InChI=1S/C17H26N2O/c1-17(2,3)15-9-7-14(8-10-15)12-18-19-11-5-6-16(19)13-20-4/h7-10,12,16H,5-6,11,13H2,1-4H3/b18-12+/t16-/m1/s1. The lowest BCUT2D eigenvalue weighted by Crippen LogP contribution is -2.28. The first-order valence-corrected chi connectivity index (χ1v) is 7.41. The average Bonchev–Trinajstić information content (AvgIpc) is 2.84. The third-order valence-electron chi connectivity index (χ3n) is 3.84. The van der Waals surface area contributed by atoms with E-state index in [-0.39, 0.29) is 5.41 Å². The molecule has 110 valence electrons. The zero-order chi connectivity index (χ0) is 14.6. The van der Waals surface area contributed by atoms with E-state index in [1.54, 1.807) is 7.11 Å². The Morgan fingerprint density at radius 2 is 2.00 bits per heavy atom. The van der Waals surface area contributed by atoms with Gasteiger partial charge < -0.3 is 4.74 Å². The first-order chi connectivity index (χ1) is 9.50. The van der Waals surface area contributed by atoms with E-state index >= 15 is 0 Å². The van der Waals surface area contributed by atoms with Crippen LogP contribution in [0.5, 0.6) is 0 Å². The lowest BCUT2D eigenvalue weighted by atomic mass is 9.87. The van der Waals surface area contributed by atoms with Gasteiger partial charge in [-0.15, -0.1) is 0 Å². The number of rotatable bonds is 4. The van der Waals surface area contributed by atoms with E-state index in [9.17, 15) is 0 Å². The van der Waals surface area contributed by atoms with Gasteiger partial charge in [0.1, 0.15) is 0 Å². The van der Waals surface area contributed by atoms with Crippen molar-refractivity contribution in [2.24, 2.45) is 5.10 Å². The number of hydrogen-bond acceptors (Lipinski definition) is 3. The van der Waals surface area contributed by atoms with Gasteiger partial charge in [-0.1, -0.05) is 45.0 Å². The predicted octanol–water partition coefficient (Wildman–Crippen LogP) is 3.43. The van der Waals surface area contributed by atoms with Crippen LogP contribution in [0.2, 0.25) is 0 Å². The summed E-state index contributed by atoms with van der Waals surface area (Å²) in [5.41, 5.74) is 2.71. The maximum Gasteiger partial charge on any atom is 0.0704 e. The Labute approximate surface area is 122 Å². The Balaban J connectivity index is 2.01. The molecule has 3 nitrogen and oxygen atoms in total. The summed E-state index contributed by atoms with van der Waals surface area (Å²) in [5, 5.41) is 6.77. The molecule has 3 heteroatoms. The fourth-order valence-electron chi connectivity index (χ4n) is 2.54. The van der Waals surface area contributed by atoms with Gasteiger partial charge in [0.25, 0.3) is 0 Å². The first kappa shape index (κ1) is 15.0. The van der Waals surface area contributed by atoms with E-state index in [2.05, 4.69) is 55.1 Å². The second-order valence-electron chi connectivity index (χ2n) is 6.53. The van der Waals surface area contributed by atoms with E-state index in [0.29, 0.717) is 6.04 Å². The van der Waals surface area contributed by atoms with Crippen LogP contribution < -0.4 is 0 Å². The van der Waals surface area contributed by atoms with Crippen LogP contribution in [0.1, 0.15) is 44.7 Å². The monoisotopic (exact) mass is 274 g/mol. The number of methoxy groups -OCH3 is 1. The smallest absolute Gasteiger partial charge is 0.0704 e. The van der Waals surface area contributed by atoms with E-state index in [1.807, 2.05) is 6.21 Å². The molecule has 1 aromatic carbocycles. The molecule has 0 amide bonds. The van der Waals surface area contributed by atoms with Gasteiger partial charge in [0.05, 0.1) is 18.9 Å². The number of benzene rings is 1. The molecule has 20 heavy (non-hydrogen) atoms. The molecule has 1 heterocycles. The van der Waals surface area contributed by atoms with Crippen LogP contribution in [-0.4, -0.2) is 37.5 Å². The zero-order valence-corrected chi connectivity index (χ0v) is 13.1. The van der Waals surface area contributed by atoms with Crippen molar-refractivity contribution in [3.05, 3.63) is 35.4 Å². The van der Waals surface area contributed by atoms with Gasteiger partial charge in [-0.05, 0) is 29.4 Å². The van der Waals surface area contributed by atoms with Crippen LogP contribution in [0.4, 0.5) is 0 Å². The van der Waals surface area contributed by atoms with Crippen molar-refractivity contribution in [3.63, 3.8) is 0 Å². The molecule has 1 aromatic rings. The molecule has 0 unspecified atom stereocenters. The summed E-state index contributed by atoms with van der Waals surface area (Å²) in [6, 6.07) is 9.11. The van der Waals surface area contributed by atoms with Crippen molar-refractivity contribution >= 4 is 6.21 Å². The SMILES string of the molecule is COC[C@H]1CCCN1/N=C/c1ccc(C(C)(C)C)cc1. The molecular formula is C17H26N2O. The number of hydrogen-bond donors (Lipinski definition) is 0. The quantitative estimate of drug-likeness (QED) is 0.786. The summed E-state index contributed by atoms with van der Waals surface area (Å²) in [7, 11) is 1.76. The summed E-state index contributed by atoms with van der Waals surface area (Å²) in [6.45, 7) is 8.49. The normalized spacial score (nSPS) is 20.0. The summed E-state index contributed by atoms with van der Waals surface area (Å²) < 4.78 is 5.25. The summed E-state index contributed by atoms with van der Waals surface area (Å²) >= 11 is 0. The minimum Gasteiger partial charge on any atom is -0.382 e. The zero-order valence-electron chi connectivity index (χ0n) is 13.1. The molecule has 1 fully saturated rings. The van der Waals surface area contributed by atoms with Gasteiger partial charge in [0.15, 0.2) is 0 Å². The molecule has 0 saturated carbocycles. The summed E-state index contributed by atoms with van der Waals surface area (Å²) in [5.74, 6) is 0. The molecule has 2 rings (SSSR count). The maximum atomic E-state index is 5.25. The molecule has 0 spiro atoms. The van der Waals surface area contributed by atoms with Crippen molar-refractivity contribution in [2.75, 3.05) is 20.3 Å². The second-order valence-corrected chi connectivity index (χ2v) is 6.53. The van der Waals surface area contributed by atoms with Gasteiger partial charge in [0, 0.05) is 13.7 Å². The lowest BCUT2D eigenvalue weighted by Gasteiger charge is -2.20. The van der Waals surface area contributed by atoms with Crippen LogP contribution in [0, 0.1) is 0 Å². The fourth-order valence-corrected chi connectivity index (χ4v) is 2.54. The minimum absolute atomic E-state index is 0.203. The molecule has 0 aromatic heterocycles. The molecule has 1 aliphatic rings. The van der Waals surface area contributed by atoms with Crippen molar-refractivity contribution in [3.8, 4) is 0 Å². The molecule has 1 saturated heterocycles. The van der Waals surface area contributed by atoms with Crippen molar-refractivity contribution in [1.82, 2.24) is 5.01 Å². The molecule has 1 aliphatic heterocycles. The maximum absolute atomic E-state index is 5.25. The number of ether oxygens (including phenoxy) is 1. The third kappa shape index (κ3) is 3.83. The van der Waals surface area contributed by atoms with Gasteiger partial charge >= 0.3 is 0 Å². The fraction of sp³-hybridized carbons (Fsp3) is 0.588. The molecule has 1 atom stereocenters. The van der Waals surface area contributed by atoms with Crippen LogP contribution >= 0.6 is 0 Å². The third-order valence-corrected chi connectivity index (χ3v) is 3.84. The van der Waals surface area contributed by atoms with Gasteiger partial charge in [-0.25, -0.2) is 0 Å². The molecule has 0 radical (unpaired) electrons. The highest BCUT2D eigenvalue weighted by molar-refractivity contribution is 5.79. The highest BCUT2D eigenvalue weighted by atomic mass is 16.5. The van der Waals surface area contributed by atoms with Crippen molar-refractivity contribution in [1.29, 1.82) is 0 Å². The Bertz CT molecular complexity index is 445. The van der Waals surface area contributed by atoms with Gasteiger partial charge in [-0.3, -0.25) is 5.01 Å². The Hall–Kier alpha value is -1.35. The average molecular weight is 274 g/mol. The predicted molar refractivity (Wildman–Crippen MR) is 84.3 cm³/mol. The van der Waals surface area contributed by atoms with Crippen LogP contribution in [0.15, 0.2) is 29.4 Å². The molecular weight excluding hydrogens is 248 g/mol. The van der Waals surface area contributed by atoms with Crippen molar-refractivity contribution in [2.45, 2.75) is 45.1 Å². The minimum atomic E-state index is 0.203. The molecule has 0 N–H and O–H groups in total. The largest absolute Gasteiger partial charge is 0.382 e. The lowest BCUT2D eigenvalue weighted by molar-refractivity contribution is 0.118. The van der Waals surface area contributed by atoms with Crippen LogP contribution in [-0.2, 0) is 10.2 Å². The second kappa shape index (κ2) is 6.40. The topological polar surface area (TPSA) is 24.8 Å². The van der Waals surface area contributed by atoms with Crippen molar-refractivity contribution < 1.29 is 4.74 Å². The van der Waals surface area contributed by atoms with Crippen LogP contribution in [0.3, 0.4) is 0 Å². The number of hydrazone groups is 1. The van der Waals surface area contributed by atoms with Crippen LogP contribution in [0.25, 0.3) is 0 Å². The van der Waals surface area contributed by atoms with E-state index in [0.717, 1.165) is 18.7 Å². The van der Waals surface area contributed by atoms with E-state index in [1.165, 1.54) is 18.4 Å². The van der Waals surface area contributed by atoms with E-state index in [4.69, 9.17) is 4.74 Å². The first-order valence-electron chi connectivity index (χ1n) is 7.41. The highest BCUT2D eigenvalue weighted by Gasteiger charge is 2.22. The summed E-state index contributed by atoms with van der Waals surface area (Å²) in [4.78, 5) is 0. The molecule has 0 bridgehead atoms. The Morgan fingerprint density at radius 1 is 1.30 bits per heavy atom. The highest BCUT2D eigenvalue weighted by Crippen LogP contribution is 2.22. The number of nitrogens with zero attached hydrogens (tertiary/aromatic N) is 2.